The van der Waals surface area contributed by atoms with Gasteiger partial charge in [0.25, 0.3) is 0 Å². The molecule has 4 heterocycles. The van der Waals surface area contributed by atoms with Crippen molar-refractivity contribution in [2.45, 2.75) is 49.9 Å². The molecule has 1 amide bonds. The number of rotatable bonds is 4. The van der Waals surface area contributed by atoms with Gasteiger partial charge in [0.15, 0.2) is 0 Å². The maximum absolute atomic E-state index is 12.4. The Kier molecular flexibility index (Phi) is 8.42. The Balaban J connectivity index is 0.00000150. The van der Waals surface area contributed by atoms with Crippen molar-refractivity contribution in [1.82, 2.24) is 15.2 Å². The van der Waals surface area contributed by atoms with Crippen LogP contribution in [0.1, 0.15) is 31.2 Å². The van der Waals surface area contributed by atoms with E-state index in [1.54, 1.807) is 22.9 Å². The molecule has 0 spiro atoms. The van der Waals surface area contributed by atoms with Gasteiger partial charge in [0.2, 0.25) is 5.91 Å². The van der Waals surface area contributed by atoms with Gasteiger partial charge in [-0.2, -0.15) is 10.5 Å². The van der Waals surface area contributed by atoms with Gasteiger partial charge in [0.1, 0.15) is 17.9 Å². The number of hydrogen-bond donors (Lipinski definition) is 1. The molecule has 2 bridgehead atoms. The molecular weight excluding hydrogens is 431 g/mol. The smallest absolute Gasteiger partial charge is 0.238 e. The predicted octanol–water partition coefficient (Wildman–Crippen LogP) is 2.31. The van der Waals surface area contributed by atoms with Gasteiger partial charge in [-0.05, 0) is 37.8 Å². The van der Waals surface area contributed by atoms with Crippen LogP contribution in [0, 0.1) is 22.7 Å². The molecule has 1 N–H and O–H groups in total. The Bertz CT molecular complexity index is 781. The second-order valence-electron chi connectivity index (χ2n) is 7.37. The van der Waals surface area contributed by atoms with Crippen molar-refractivity contribution >= 4 is 48.3 Å². The van der Waals surface area contributed by atoms with Gasteiger partial charge < -0.3 is 15.1 Å². The van der Waals surface area contributed by atoms with Crippen molar-refractivity contribution in [2.24, 2.45) is 0 Å². The Hall–Kier alpha value is -1.71. The highest BCUT2D eigenvalue weighted by Gasteiger charge is 2.41. The maximum Gasteiger partial charge on any atom is 0.238 e. The number of nitrogens with one attached hydrogen (secondary N) is 1. The number of piperidine rings is 1. The lowest BCUT2D eigenvalue weighted by Gasteiger charge is -2.40. The zero-order chi connectivity index (χ0) is 18.8. The summed E-state index contributed by atoms with van der Waals surface area (Å²) in [5.41, 5.74) is 0.580. The summed E-state index contributed by atoms with van der Waals surface area (Å²) in [4.78, 5) is 21.0. The lowest BCUT2D eigenvalue weighted by atomic mass is 9.97. The number of hydrogen-bond acceptors (Lipinski definition) is 7. The van der Waals surface area contributed by atoms with Crippen molar-refractivity contribution in [3.05, 3.63) is 23.9 Å². The predicted molar refractivity (Wildman–Crippen MR) is 117 cm³/mol. The molecule has 3 aliphatic heterocycles. The summed E-state index contributed by atoms with van der Waals surface area (Å²) in [6, 6.07) is 8.96. The molecule has 1 unspecified atom stereocenters. The van der Waals surface area contributed by atoms with Crippen molar-refractivity contribution in [3.8, 4) is 12.1 Å². The van der Waals surface area contributed by atoms with Gasteiger partial charge in [0.05, 0.1) is 24.1 Å². The number of nitriles is 2. The molecule has 10 heteroatoms. The van der Waals surface area contributed by atoms with Gasteiger partial charge in [-0.3, -0.25) is 4.79 Å². The van der Waals surface area contributed by atoms with E-state index in [0.717, 1.165) is 31.5 Å². The molecule has 29 heavy (non-hydrogen) atoms. The summed E-state index contributed by atoms with van der Waals surface area (Å²) in [5, 5.41) is 21.5. The van der Waals surface area contributed by atoms with Crippen LogP contribution in [0.25, 0.3) is 0 Å². The van der Waals surface area contributed by atoms with Gasteiger partial charge >= 0.3 is 0 Å². The molecule has 0 radical (unpaired) electrons. The number of pyridine rings is 1. The summed E-state index contributed by atoms with van der Waals surface area (Å²) >= 11 is 1.64. The van der Waals surface area contributed by atoms with Gasteiger partial charge in [-0.25, -0.2) is 4.98 Å². The van der Waals surface area contributed by atoms with Crippen LogP contribution in [0.3, 0.4) is 0 Å². The number of carbonyl (C=O) groups excluding carboxylic acids is 1. The molecule has 7 nitrogen and oxygen atoms in total. The third kappa shape index (κ3) is 4.90. The zero-order valence-corrected chi connectivity index (χ0v) is 18.3. The molecule has 3 fully saturated rings. The molecule has 4 rings (SSSR count). The largest absolute Gasteiger partial charge is 0.351 e. The Morgan fingerprint density at radius 1 is 1.24 bits per heavy atom. The molecule has 0 aromatic carbocycles. The molecule has 0 aliphatic carbocycles. The first-order valence-electron chi connectivity index (χ1n) is 9.34. The van der Waals surface area contributed by atoms with Crippen molar-refractivity contribution in [1.29, 1.82) is 10.5 Å². The van der Waals surface area contributed by atoms with Crippen molar-refractivity contribution in [3.63, 3.8) is 0 Å². The van der Waals surface area contributed by atoms with E-state index in [4.69, 9.17) is 10.5 Å². The lowest BCUT2D eigenvalue weighted by Crippen LogP contribution is -2.51. The summed E-state index contributed by atoms with van der Waals surface area (Å²) in [7, 11) is 0. The number of anilines is 1. The SMILES string of the molecule is Cl.Cl.N#Cc1ccc(N2[C@@H]3CC[C@@H]2CC(NCC(=O)N2CSCC2C#N)C3)nc1. The number of aromatic nitrogens is 1. The van der Waals surface area contributed by atoms with Gasteiger partial charge in [0, 0.05) is 30.1 Å². The highest BCUT2D eigenvalue weighted by Crippen LogP contribution is 2.38. The van der Waals surface area contributed by atoms with E-state index in [-0.39, 0.29) is 36.8 Å². The number of fused-ring (bicyclic) bond motifs is 2. The number of halogens is 2. The summed E-state index contributed by atoms with van der Waals surface area (Å²) in [5.74, 6) is 2.30. The molecule has 0 saturated carbocycles. The molecule has 156 valence electrons. The minimum Gasteiger partial charge on any atom is -0.351 e. The first-order valence-corrected chi connectivity index (χ1v) is 10.5. The second-order valence-corrected chi connectivity index (χ2v) is 8.37. The quantitative estimate of drug-likeness (QED) is 0.744. The normalized spacial score (nSPS) is 27.4. The highest BCUT2D eigenvalue weighted by atomic mass is 35.5. The maximum atomic E-state index is 12.4. The van der Waals surface area contributed by atoms with Crippen LogP contribution in [0.15, 0.2) is 18.3 Å². The zero-order valence-electron chi connectivity index (χ0n) is 15.9. The van der Waals surface area contributed by atoms with Crippen molar-refractivity contribution in [2.75, 3.05) is 23.1 Å². The third-order valence-corrected chi connectivity index (χ3v) is 6.78. The van der Waals surface area contributed by atoms with E-state index in [1.807, 2.05) is 12.1 Å². The Morgan fingerprint density at radius 3 is 2.55 bits per heavy atom. The summed E-state index contributed by atoms with van der Waals surface area (Å²) < 4.78 is 0. The number of carbonyl (C=O) groups is 1. The fourth-order valence-corrected chi connectivity index (χ4v) is 5.56. The van der Waals surface area contributed by atoms with Crippen LogP contribution in [-0.4, -0.2) is 58.1 Å². The summed E-state index contributed by atoms with van der Waals surface area (Å²) in [6.07, 6.45) is 5.89. The van der Waals surface area contributed by atoms with Crippen LogP contribution in [0.2, 0.25) is 0 Å². The standard InChI is InChI=1S/C19H22N6OS.2ClH/c20-7-13-1-4-18(23-9-13)25-15-2-3-16(25)6-14(5-15)22-10-19(26)24-12-27-11-17(24)8-21;;/h1,4,9,14-17,22H,2-3,5-6,10-12H2;2*1H/t15-,16-,17?;;/m1../s1. The fourth-order valence-electron chi connectivity index (χ4n) is 4.45. The molecule has 1 aromatic heterocycles. The average Bonchev–Trinajstić information content (AvgIpc) is 3.28. The molecule has 1 aromatic rings. The van der Waals surface area contributed by atoms with Crippen LogP contribution < -0.4 is 10.2 Å². The Labute approximate surface area is 187 Å². The monoisotopic (exact) mass is 454 g/mol. The third-order valence-electron chi connectivity index (χ3n) is 5.77. The van der Waals surface area contributed by atoms with Crippen LogP contribution >= 0.6 is 36.6 Å². The molecule has 3 saturated heterocycles. The second kappa shape index (κ2) is 10.4. The molecule has 3 atom stereocenters. The van der Waals surface area contributed by atoms with E-state index in [0.29, 0.717) is 41.9 Å². The summed E-state index contributed by atoms with van der Waals surface area (Å²) in [6.45, 7) is 0.304. The first-order chi connectivity index (χ1) is 13.2. The van der Waals surface area contributed by atoms with Gasteiger partial charge in [-0.1, -0.05) is 0 Å². The van der Waals surface area contributed by atoms with Crippen molar-refractivity contribution < 1.29 is 4.79 Å². The average molecular weight is 455 g/mol. The Morgan fingerprint density at radius 2 is 1.97 bits per heavy atom. The number of thioether (sulfide) groups is 1. The topological polar surface area (TPSA) is 96.0 Å². The van der Waals surface area contributed by atoms with E-state index in [2.05, 4.69) is 27.3 Å². The van der Waals surface area contributed by atoms with E-state index >= 15 is 0 Å². The van der Waals surface area contributed by atoms with Crippen LogP contribution in [0.4, 0.5) is 5.82 Å². The van der Waals surface area contributed by atoms with Crippen LogP contribution in [0.5, 0.6) is 0 Å². The number of nitrogens with zero attached hydrogens (tertiary/aromatic N) is 5. The highest BCUT2D eigenvalue weighted by molar-refractivity contribution is 7.99. The fraction of sp³-hybridized carbons (Fsp3) is 0.579. The molecule has 3 aliphatic rings. The minimum atomic E-state index is -0.287. The minimum absolute atomic E-state index is 0. The first kappa shape index (κ1) is 23.6. The van der Waals surface area contributed by atoms with E-state index < -0.39 is 0 Å². The van der Waals surface area contributed by atoms with E-state index in [1.165, 1.54) is 0 Å². The van der Waals surface area contributed by atoms with Gasteiger partial charge in [-0.15, -0.1) is 36.6 Å². The van der Waals surface area contributed by atoms with E-state index in [9.17, 15) is 4.79 Å². The number of amides is 1. The lowest BCUT2D eigenvalue weighted by molar-refractivity contribution is -0.129. The van der Waals surface area contributed by atoms with Crippen LogP contribution in [-0.2, 0) is 4.79 Å². The molecular formula is C19H24Cl2N6OS.